The molecule has 98 valence electrons. The van der Waals surface area contributed by atoms with Gasteiger partial charge < -0.3 is 15.3 Å². The summed E-state index contributed by atoms with van der Waals surface area (Å²) in [6, 6.07) is 4.26. The second-order valence-corrected chi connectivity index (χ2v) is 6.36. The second-order valence-electron chi connectivity index (χ2n) is 5.41. The lowest BCUT2D eigenvalue weighted by molar-refractivity contribution is 0.133. The topological polar surface area (TPSA) is 35.5 Å². The van der Waals surface area contributed by atoms with Crippen molar-refractivity contribution in [3.63, 3.8) is 0 Å². The molecule has 0 aromatic carbocycles. The third-order valence-corrected chi connectivity index (χ3v) is 3.95. The van der Waals surface area contributed by atoms with Gasteiger partial charge in [0.15, 0.2) is 0 Å². The monoisotopic (exact) mass is 256 g/mol. The number of aliphatic hydroxyl groups excluding tert-OH is 1. The van der Waals surface area contributed by atoms with Crippen LogP contribution in [0.1, 0.15) is 18.7 Å². The van der Waals surface area contributed by atoms with Crippen LogP contribution in [0.15, 0.2) is 17.5 Å². The van der Waals surface area contributed by atoms with Crippen molar-refractivity contribution in [1.29, 1.82) is 0 Å². The summed E-state index contributed by atoms with van der Waals surface area (Å²) < 4.78 is 0. The summed E-state index contributed by atoms with van der Waals surface area (Å²) in [5.41, 5.74) is 0.131. The lowest BCUT2D eigenvalue weighted by Gasteiger charge is -2.25. The molecule has 0 saturated heterocycles. The second kappa shape index (κ2) is 6.50. The van der Waals surface area contributed by atoms with Crippen molar-refractivity contribution in [3.8, 4) is 0 Å². The first-order valence-corrected chi connectivity index (χ1v) is 6.87. The molecule has 1 atom stereocenters. The van der Waals surface area contributed by atoms with E-state index in [2.05, 4.69) is 36.7 Å². The molecule has 0 aliphatic carbocycles. The first kappa shape index (κ1) is 14.6. The molecule has 17 heavy (non-hydrogen) atoms. The van der Waals surface area contributed by atoms with Crippen LogP contribution in [0.4, 0.5) is 0 Å². The predicted octanol–water partition coefficient (Wildman–Crippen LogP) is 1.54. The third-order valence-electron chi connectivity index (χ3n) is 2.71. The van der Waals surface area contributed by atoms with Gasteiger partial charge in [0.1, 0.15) is 0 Å². The van der Waals surface area contributed by atoms with Gasteiger partial charge in [-0.2, -0.15) is 0 Å². The Balaban J connectivity index is 2.31. The third kappa shape index (κ3) is 5.17. The van der Waals surface area contributed by atoms with Crippen molar-refractivity contribution in [2.24, 2.45) is 0 Å². The van der Waals surface area contributed by atoms with Crippen LogP contribution in [0, 0.1) is 0 Å². The van der Waals surface area contributed by atoms with Gasteiger partial charge in [-0.25, -0.2) is 0 Å². The first-order chi connectivity index (χ1) is 7.92. The van der Waals surface area contributed by atoms with E-state index in [-0.39, 0.29) is 11.5 Å². The summed E-state index contributed by atoms with van der Waals surface area (Å²) in [6.45, 7) is 6.69. The van der Waals surface area contributed by atoms with Crippen LogP contribution in [0.2, 0.25) is 0 Å². The number of likely N-dealkylation sites (N-methyl/N-ethyl adjacent to an activating group) is 1. The molecule has 0 aliphatic heterocycles. The van der Waals surface area contributed by atoms with Gasteiger partial charge in [0.05, 0.1) is 6.10 Å². The summed E-state index contributed by atoms with van der Waals surface area (Å²) in [4.78, 5) is 3.38. The van der Waals surface area contributed by atoms with E-state index in [1.165, 1.54) is 4.88 Å². The number of hydrogen-bond donors (Lipinski definition) is 2. The molecule has 1 heterocycles. The van der Waals surface area contributed by atoms with E-state index in [4.69, 9.17) is 0 Å². The fraction of sp³-hybridized carbons (Fsp3) is 0.692. The minimum atomic E-state index is -0.302. The molecule has 1 rings (SSSR count). The number of rotatable bonds is 7. The van der Waals surface area contributed by atoms with Crippen LogP contribution < -0.4 is 5.32 Å². The standard InChI is InChI=1S/C13H24N2OS/c1-13(2,12-6-5-7-17-12)10-14-8-11(16)9-15(3)4/h5-7,11,14,16H,8-10H2,1-4H3. The SMILES string of the molecule is CN(C)CC(O)CNCC(C)(C)c1cccs1. The normalized spacial score (nSPS) is 14.2. The van der Waals surface area contributed by atoms with Crippen LogP contribution >= 0.6 is 11.3 Å². The molecule has 3 nitrogen and oxygen atoms in total. The first-order valence-electron chi connectivity index (χ1n) is 5.99. The number of hydrogen-bond acceptors (Lipinski definition) is 4. The molecule has 4 heteroatoms. The molecule has 0 aliphatic rings. The molecule has 1 aromatic heterocycles. The maximum atomic E-state index is 9.75. The number of nitrogens with one attached hydrogen (secondary N) is 1. The number of thiophene rings is 1. The minimum Gasteiger partial charge on any atom is -0.390 e. The lowest BCUT2D eigenvalue weighted by atomic mass is 9.91. The van der Waals surface area contributed by atoms with Crippen LogP contribution in [-0.4, -0.2) is 49.8 Å². The zero-order valence-electron chi connectivity index (χ0n) is 11.2. The predicted molar refractivity (Wildman–Crippen MR) is 74.8 cm³/mol. The van der Waals surface area contributed by atoms with E-state index in [9.17, 15) is 5.11 Å². The summed E-state index contributed by atoms with van der Waals surface area (Å²) in [5, 5.41) is 15.2. The van der Waals surface area contributed by atoms with Crippen LogP contribution in [0.25, 0.3) is 0 Å². The van der Waals surface area contributed by atoms with Gasteiger partial charge in [0, 0.05) is 29.9 Å². The Morgan fingerprint density at radius 3 is 2.71 bits per heavy atom. The Morgan fingerprint density at radius 1 is 1.47 bits per heavy atom. The molecule has 0 saturated carbocycles. The van der Waals surface area contributed by atoms with Gasteiger partial charge in [-0.1, -0.05) is 19.9 Å². The Kier molecular flexibility index (Phi) is 5.59. The van der Waals surface area contributed by atoms with E-state index >= 15 is 0 Å². The van der Waals surface area contributed by atoms with Crippen LogP contribution in [0.5, 0.6) is 0 Å². The van der Waals surface area contributed by atoms with Crippen molar-refractivity contribution >= 4 is 11.3 Å². The molecular weight excluding hydrogens is 232 g/mol. The summed E-state index contributed by atoms with van der Waals surface area (Å²) in [5.74, 6) is 0. The van der Waals surface area contributed by atoms with E-state index in [0.29, 0.717) is 13.1 Å². The Bertz CT molecular complexity index is 309. The summed E-state index contributed by atoms with van der Waals surface area (Å²) >= 11 is 1.79. The molecule has 1 aromatic rings. The van der Waals surface area contributed by atoms with Gasteiger partial charge in [-0.3, -0.25) is 0 Å². The molecule has 2 N–H and O–H groups in total. The van der Waals surface area contributed by atoms with Gasteiger partial charge in [0.2, 0.25) is 0 Å². The Morgan fingerprint density at radius 2 is 2.18 bits per heavy atom. The van der Waals surface area contributed by atoms with Crippen LogP contribution in [-0.2, 0) is 5.41 Å². The molecule has 0 fully saturated rings. The van der Waals surface area contributed by atoms with Crippen molar-refractivity contribution in [1.82, 2.24) is 10.2 Å². The molecule has 1 unspecified atom stereocenters. The quantitative estimate of drug-likeness (QED) is 0.777. The fourth-order valence-corrected chi connectivity index (χ4v) is 2.64. The van der Waals surface area contributed by atoms with Gasteiger partial charge in [-0.05, 0) is 25.5 Å². The van der Waals surface area contributed by atoms with E-state index < -0.39 is 0 Å². The highest BCUT2D eigenvalue weighted by atomic mass is 32.1. The van der Waals surface area contributed by atoms with Crippen molar-refractivity contribution < 1.29 is 5.11 Å². The van der Waals surface area contributed by atoms with Crippen molar-refractivity contribution in [3.05, 3.63) is 22.4 Å². The number of nitrogens with zero attached hydrogens (tertiary/aromatic N) is 1. The highest BCUT2D eigenvalue weighted by Crippen LogP contribution is 2.26. The maximum Gasteiger partial charge on any atom is 0.0791 e. The average Bonchev–Trinajstić information content (AvgIpc) is 2.68. The fourth-order valence-electron chi connectivity index (χ4n) is 1.79. The minimum absolute atomic E-state index is 0.131. The summed E-state index contributed by atoms with van der Waals surface area (Å²) in [6.07, 6.45) is -0.302. The molecule has 0 amide bonds. The van der Waals surface area contributed by atoms with E-state index in [0.717, 1.165) is 6.54 Å². The molecule has 0 spiro atoms. The van der Waals surface area contributed by atoms with Gasteiger partial charge in [-0.15, -0.1) is 11.3 Å². The maximum absolute atomic E-state index is 9.75. The molecule has 0 bridgehead atoms. The molecule has 0 radical (unpaired) electrons. The van der Waals surface area contributed by atoms with E-state index in [1.54, 1.807) is 11.3 Å². The summed E-state index contributed by atoms with van der Waals surface area (Å²) in [7, 11) is 3.94. The average molecular weight is 256 g/mol. The van der Waals surface area contributed by atoms with Gasteiger partial charge >= 0.3 is 0 Å². The zero-order chi connectivity index (χ0) is 12.9. The smallest absolute Gasteiger partial charge is 0.0791 e. The molecular formula is C13H24N2OS. The van der Waals surface area contributed by atoms with Crippen LogP contribution in [0.3, 0.4) is 0 Å². The highest BCUT2D eigenvalue weighted by Gasteiger charge is 2.21. The zero-order valence-corrected chi connectivity index (χ0v) is 12.0. The van der Waals surface area contributed by atoms with E-state index in [1.807, 2.05) is 19.0 Å². The lowest BCUT2D eigenvalue weighted by Crippen LogP contribution is -2.40. The largest absolute Gasteiger partial charge is 0.390 e. The Labute approximate surface area is 108 Å². The Hall–Kier alpha value is -0.420. The van der Waals surface area contributed by atoms with Crippen molar-refractivity contribution in [2.45, 2.75) is 25.4 Å². The highest BCUT2D eigenvalue weighted by molar-refractivity contribution is 7.10. The van der Waals surface area contributed by atoms with Gasteiger partial charge in [0.25, 0.3) is 0 Å². The number of aliphatic hydroxyl groups is 1. The van der Waals surface area contributed by atoms with Crippen molar-refractivity contribution in [2.75, 3.05) is 33.7 Å².